The molecule has 2 rings (SSSR count). The van der Waals surface area contributed by atoms with E-state index in [9.17, 15) is 4.79 Å². The molecule has 0 radical (unpaired) electrons. The van der Waals surface area contributed by atoms with Crippen molar-refractivity contribution in [1.82, 2.24) is 5.32 Å². The average molecular weight is 266 g/mol. The van der Waals surface area contributed by atoms with Gasteiger partial charge in [-0.2, -0.15) is 0 Å². The number of rotatable bonds is 5. The van der Waals surface area contributed by atoms with Gasteiger partial charge in [-0.25, -0.2) is 0 Å². The van der Waals surface area contributed by atoms with Crippen LogP contribution in [-0.2, 0) is 4.79 Å². The van der Waals surface area contributed by atoms with E-state index >= 15 is 0 Å². The van der Waals surface area contributed by atoms with Crippen LogP contribution in [-0.4, -0.2) is 18.0 Å². The van der Waals surface area contributed by atoms with E-state index in [1.54, 1.807) is 0 Å². The lowest BCUT2D eigenvalue weighted by molar-refractivity contribution is -0.122. The van der Waals surface area contributed by atoms with Crippen molar-refractivity contribution in [2.45, 2.75) is 76.7 Å². The fourth-order valence-electron chi connectivity index (χ4n) is 3.67. The van der Waals surface area contributed by atoms with Crippen LogP contribution in [0.5, 0.6) is 0 Å². The predicted molar refractivity (Wildman–Crippen MR) is 78.8 cm³/mol. The highest BCUT2D eigenvalue weighted by atomic mass is 16.1. The van der Waals surface area contributed by atoms with Gasteiger partial charge in [-0.3, -0.25) is 4.79 Å². The third-order valence-corrected chi connectivity index (χ3v) is 5.12. The van der Waals surface area contributed by atoms with Crippen LogP contribution < -0.4 is 11.1 Å². The van der Waals surface area contributed by atoms with E-state index in [0.717, 1.165) is 37.6 Å². The standard InChI is InChI=1S/C16H30N2O/c1-13-4-6-14(7-5-13)8-11-18-15(19)12-16(17)9-2-3-10-16/h13-14H,2-12,17H2,1H3,(H,18,19). The summed E-state index contributed by atoms with van der Waals surface area (Å²) in [6.07, 6.45) is 11.5. The van der Waals surface area contributed by atoms with Gasteiger partial charge in [0.05, 0.1) is 0 Å². The highest BCUT2D eigenvalue weighted by Crippen LogP contribution is 2.31. The first kappa shape index (κ1) is 14.8. The topological polar surface area (TPSA) is 55.1 Å². The van der Waals surface area contributed by atoms with Crippen LogP contribution in [0.25, 0.3) is 0 Å². The molecule has 2 aliphatic carbocycles. The van der Waals surface area contributed by atoms with Gasteiger partial charge in [0, 0.05) is 18.5 Å². The molecule has 0 aromatic heterocycles. The third-order valence-electron chi connectivity index (χ3n) is 5.12. The summed E-state index contributed by atoms with van der Waals surface area (Å²) in [5.74, 6) is 1.90. The highest BCUT2D eigenvalue weighted by Gasteiger charge is 2.31. The Balaban J connectivity index is 1.59. The molecule has 1 amide bonds. The monoisotopic (exact) mass is 266 g/mol. The van der Waals surface area contributed by atoms with Crippen molar-refractivity contribution in [3.63, 3.8) is 0 Å². The highest BCUT2D eigenvalue weighted by molar-refractivity contribution is 5.77. The van der Waals surface area contributed by atoms with Crippen LogP contribution in [0.4, 0.5) is 0 Å². The second kappa shape index (κ2) is 6.74. The predicted octanol–water partition coefficient (Wildman–Crippen LogP) is 2.98. The second-order valence-corrected chi connectivity index (χ2v) is 7.01. The van der Waals surface area contributed by atoms with Crippen LogP contribution >= 0.6 is 0 Å². The summed E-state index contributed by atoms with van der Waals surface area (Å²) in [6.45, 7) is 3.19. The number of carbonyl (C=O) groups excluding carboxylic acids is 1. The Morgan fingerprint density at radius 1 is 1.21 bits per heavy atom. The molecule has 0 unspecified atom stereocenters. The van der Waals surface area contributed by atoms with Crippen LogP contribution in [0.1, 0.15) is 71.1 Å². The maximum atomic E-state index is 11.9. The quantitative estimate of drug-likeness (QED) is 0.803. The van der Waals surface area contributed by atoms with Gasteiger partial charge < -0.3 is 11.1 Å². The molecule has 2 fully saturated rings. The van der Waals surface area contributed by atoms with Crippen molar-refractivity contribution in [2.75, 3.05) is 6.54 Å². The molecule has 0 heterocycles. The third kappa shape index (κ3) is 4.79. The van der Waals surface area contributed by atoms with Crippen LogP contribution in [0.3, 0.4) is 0 Å². The lowest BCUT2D eigenvalue weighted by Gasteiger charge is -2.26. The number of hydrogen-bond donors (Lipinski definition) is 2. The smallest absolute Gasteiger partial charge is 0.221 e. The molecule has 0 aliphatic heterocycles. The molecule has 0 bridgehead atoms. The van der Waals surface area contributed by atoms with Crippen molar-refractivity contribution < 1.29 is 4.79 Å². The van der Waals surface area contributed by atoms with Crippen molar-refractivity contribution in [3.8, 4) is 0 Å². The van der Waals surface area contributed by atoms with E-state index in [-0.39, 0.29) is 11.4 Å². The van der Waals surface area contributed by atoms with Gasteiger partial charge in [-0.15, -0.1) is 0 Å². The molecule has 3 heteroatoms. The summed E-state index contributed by atoms with van der Waals surface area (Å²) in [5.41, 5.74) is 6.02. The van der Waals surface area contributed by atoms with Crippen LogP contribution in [0.2, 0.25) is 0 Å². The Kier molecular flexibility index (Phi) is 5.26. The SMILES string of the molecule is CC1CCC(CCNC(=O)CC2(N)CCCC2)CC1. The number of carbonyl (C=O) groups is 1. The van der Waals surface area contributed by atoms with Crippen LogP contribution in [0, 0.1) is 11.8 Å². The molecule has 19 heavy (non-hydrogen) atoms. The second-order valence-electron chi connectivity index (χ2n) is 7.01. The zero-order valence-corrected chi connectivity index (χ0v) is 12.4. The van der Waals surface area contributed by atoms with E-state index in [0.29, 0.717) is 6.42 Å². The Morgan fingerprint density at radius 3 is 2.47 bits per heavy atom. The summed E-state index contributed by atoms with van der Waals surface area (Å²) < 4.78 is 0. The number of amides is 1. The van der Waals surface area contributed by atoms with Crippen molar-refractivity contribution >= 4 is 5.91 Å². The minimum atomic E-state index is -0.204. The molecule has 0 saturated heterocycles. The summed E-state index contributed by atoms with van der Waals surface area (Å²) in [7, 11) is 0. The maximum absolute atomic E-state index is 11.9. The molecule has 2 saturated carbocycles. The molecule has 0 aromatic rings. The Bertz CT molecular complexity index is 289. The molecule has 0 aromatic carbocycles. The molecule has 0 atom stereocenters. The molecule has 3 nitrogen and oxygen atoms in total. The molecule has 2 aliphatic rings. The first-order chi connectivity index (χ1) is 9.07. The fraction of sp³-hybridized carbons (Fsp3) is 0.938. The first-order valence-corrected chi connectivity index (χ1v) is 8.13. The minimum Gasteiger partial charge on any atom is -0.356 e. The van der Waals surface area contributed by atoms with Gasteiger partial charge in [0.1, 0.15) is 0 Å². The normalized spacial score (nSPS) is 30.2. The number of nitrogens with one attached hydrogen (secondary N) is 1. The fourth-order valence-corrected chi connectivity index (χ4v) is 3.67. The van der Waals surface area contributed by atoms with Crippen molar-refractivity contribution in [1.29, 1.82) is 0 Å². The van der Waals surface area contributed by atoms with Gasteiger partial charge in [0.2, 0.25) is 5.91 Å². The molecular formula is C16H30N2O. The maximum Gasteiger partial charge on any atom is 0.221 e. The Morgan fingerprint density at radius 2 is 1.84 bits per heavy atom. The van der Waals surface area contributed by atoms with Crippen LogP contribution in [0.15, 0.2) is 0 Å². The number of nitrogens with two attached hydrogens (primary N) is 1. The van der Waals surface area contributed by atoms with Gasteiger partial charge in [0.25, 0.3) is 0 Å². The zero-order valence-electron chi connectivity index (χ0n) is 12.4. The van der Waals surface area contributed by atoms with Crippen molar-refractivity contribution in [3.05, 3.63) is 0 Å². The van der Waals surface area contributed by atoms with Crippen molar-refractivity contribution in [2.24, 2.45) is 17.6 Å². The van der Waals surface area contributed by atoms with E-state index in [1.807, 2.05) is 0 Å². The lowest BCUT2D eigenvalue weighted by Crippen LogP contribution is -2.42. The van der Waals surface area contributed by atoms with Gasteiger partial charge in [-0.05, 0) is 31.1 Å². The van der Waals surface area contributed by atoms with E-state index in [2.05, 4.69) is 12.2 Å². The summed E-state index contributed by atoms with van der Waals surface area (Å²) in [4.78, 5) is 11.9. The summed E-state index contributed by atoms with van der Waals surface area (Å²) in [5, 5.41) is 3.07. The van der Waals surface area contributed by atoms with Gasteiger partial charge in [0.15, 0.2) is 0 Å². The molecule has 110 valence electrons. The minimum absolute atomic E-state index is 0.161. The lowest BCUT2D eigenvalue weighted by atomic mass is 9.81. The Labute approximate surface area is 117 Å². The zero-order chi connectivity index (χ0) is 13.7. The van der Waals surface area contributed by atoms with E-state index in [4.69, 9.17) is 5.73 Å². The average Bonchev–Trinajstić information content (AvgIpc) is 2.78. The van der Waals surface area contributed by atoms with E-state index in [1.165, 1.54) is 38.5 Å². The van der Waals surface area contributed by atoms with Gasteiger partial charge >= 0.3 is 0 Å². The summed E-state index contributed by atoms with van der Waals surface area (Å²) in [6, 6.07) is 0. The Hall–Kier alpha value is -0.570. The largest absolute Gasteiger partial charge is 0.356 e. The molecule has 0 spiro atoms. The first-order valence-electron chi connectivity index (χ1n) is 8.13. The van der Waals surface area contributed by atoms with E-state index < -0.39 is 0 Å². The van der Waals surface area contributed by atoms with Gasteiger partial charge in [-0.1, -0.05) is 45.4 Å². The molecular weight excluding hydrogens is 236 g/mol. The summed E-state index contributed by atoms with van der Waals surface area (Å²) >= 11 is 0. The molecule has 3 N–H and O–H groups in total. The number of hydrogen-bond acceptors (Lipinski definition) is 2.